The summed E-state index contributed by atoms with van der Waals surface area (Å²) < 4.78 is 0. The highest BCUT2D eigenvalue weighted by Crippen LogP contribution is 2.23. The van der Waals surface area contributed by atoms with Gasteiger partial charge in [-0.05, 0) is 37.7 Å². The van der Waals surface area contributed by atoms with Gasteiger partial charge >= 0.3 is 0 Å². The minimum absolute atomic E-state index is 0.354. The van der Waals surface area contributed by atoms with E-state index in [1.165, 1.54) is 37.7 Å². The molecule has 0 saturated heterocycles. The van der Waals surface area contributed by atoms with Crippen molar-refractivity contribution in [3.8, 4) is 0 Å². The molecule has 0 aromatic heterocycles. The molecule has 0 radical (unpaired) electrons. The Morgan fingerprint density at radius 3 is 2.60 bits per heavy atom. The zero-order chi connectivity index (χ0) is 11.1. The molecule has 0 bridgehead atoms. The summed E-state index contributed by atoms with van der Waals surface area (Å²) in [5.74, 6) is 0.913. The Kier molecular flexibility index (Phi) is 5.67. The van der Waals surface area contributed by atoms with Crippen molar-refractivity contribution in [2.24, 2.45) is 5.92 Å². The molecular weight excluding hydrogens is 184 g/mol. The first-order valence-electron chi connectivity index (χ1n) is 6.44. The summed E-state index contributed by atoms with van der Waals surface area (Å²) in [6.45, 7) is 4.36. The molecule has 1 aliphatic rings. The predicted octanol–water partition coefficient (Wildman–Crippen LogP) is 4.27. The topological polar surface area (TPSA) is 17.1 Å². The van der Waals surface area contributed by atoms with Crippen LogP contribution in [0.2, 0.25) is 0 Å². The Morgan fingerprint density at radius 1 is 1.33 bits per heavy atom. The highest BCUT2D eigenvalue weighted by atomic mass is 16.1. The van der Waals surface area contributed by atoms with E-state index in [0.717, 1.165) is 19.3 Å². The second-order valence-corrected chi connectivity index (χ2v) is 4.93. The SMILES string of the molecule is CCCC(C)CC(=O)C=C1CCCCC1. The number of allylic oxidation sites excluding steroid dienone is 2. The van der Waals surface area contributed by atoms with E-state index in [0.29, 0.717) is 11.7 Å². The normalized spacial score (nSPS) is 18.7. The predicted molar refractivity (Wildman–Crippen MR) is 64.9 cm³/mol. The number of rotatable bonds is 5. The Labute approximate surface area is 93.9 Å². The van der Waals surface area contributed by atoms with Crippen molar-refractivity contribution >= 4 is 5.78 Å². The Balaban J connectivity index is 2.33. The fourth-order valence-electron chi connectivity index (χ4n) is 2.38. The largest absolute Gasteiger partial charge is 0.295 e. The van der Waals surface area contributed by atoms with Gasteiger partial charge in [0.1, 0.15) is 0 Å². The van der Waals surface area contributed by atoms with Crippen LogP contribution < -0.4 is 0 Å². The monoisotopic (exact) mass is 208 g/mol. The number of ketones is 1. The fourth-order valence-corrected chi connectivity index (χ4v) is 2.38. The quantitative estimate of drug-likeness (QED) is 0.616. The third kappa shape index (κ3) is 5.15. The van der Waals surface area contributed by atoms with E-state index in [-0.39, 0.29) is 0 Å². The van der Waals surface area contributed by atoms with Gasteiger partial charge in [-0.3, -0.25) is 4.79 Å². The summed E-state index contributed by atoms with van der Waals surface area (Å²) in [5, 5.41) is 0. The summed E-state index contributed by atoms with van der Waals surface area (Å²) in [6, 6.07) is 0. The lowest BCUT2D eigenvalue weighted by molar-refractivity contribution is -0.115. The summed E-state index contributed by atoms with van der Waals surface area (Å²) in [6.07, 6.45) is 11.3. The third-order valence-corrected chi connectivity index (χ3v) is 3.19. The van der Waals surface area contributed by atoms with Crippen molar-refractivity contribution in [2.45, 2.75) is 65.2 Å². The summed E-state index contributed by atoms with van der Waals surface area (Å²) in [4.78, 5) is 11.7. The van der Waals surface area contributed by atoms with E-state index in [1.54, 1.807) is 0 Å². The van der Waals surface area contributed by atoms with Gasteiger partial charge in [-0.15, -0.1) is 0 Å². The van der Waals surface area contributed by atoms with Gasteiger partial charge in [0.25, 0.3) is 0 Å². The molecule has 1 nitrogen and oxygen atoms in total. The highest BCUT2D eigenvalue weighted by molar-refractivity contribution is 5.90. The van der Waals surface area contributed by atoms with E-state index in [2.05, 4.69) is 13.8 Å². The maximum absolute atomic E-state index is 11.7. The molecule has 1 unspecified atom stereocenters. The van der Waals surface area contributed by atoms with Crippen LogP contribution in [0.25, 0.3) is 0 Å². The molecule has 0 aromatic carbocycles. The lowest BCUT2D eigenvalue weighted by Crippen LogP contribution is -2.04. The summed E-state index contributed by atoms with van der Waals surface area (Å²) in [5.41, 5.74) is 1.40. The Hall–Kier alpha value is -0.590. The van der Waals surface area contributed by atoms with Crippen molar-refractivity contribution in [2.75, 3.05) is 0 Å². The van der Waals surface area contributed by atoms with Crippen LogP contribution in [0.15, 0.2) is 11.6 Å². The summed E-state index contributed by atoms with van der Waals surface area (Å²) in [7, 11) is 0. The second kappa shape index (κ2) is 6.81. The molecule has 0 heterocycles. The molecule has 1 aliphatic carbocycles. The van der Waals surface area contributed by atoms with Gasteiger partial charge in [-0.2, -0.15) is 0 Å². The van der Waals surface area contributed by atoms with Gasteiger partial charge in [0.05, 0.1) is 0 Å². The number of hydrogen-bond donors (Lipinski definition) is 0. The Morgan fingerprint density at radius 2 is 2.00 bits per heavy atom. The van der Waals surface area contributed by atoms with E-state index >= 15 is 0 Å². The molecule has 0 aromatic rings. The maximum Gasteiger partial charge on any atom is 0.155 e. The van der Waals surface area contributed by atoms with E-state index in [1.807, 2.05) is 6.08 Å². The van der Waals surface area contributed by atoms with Gasteiger partial charge in [0, 0.05) is 6.42 Å². The van der Waals surface area contributed by atoms with Crippen molar-refractivity contribution in [1.29, 1.82) is 0 Å². The molecule has 0 amide bonds. The first-order chi connectivity index (χ1) is 7.22. The van der Waals surface area contributed by atoms with Gasteiger partial charge in [-0.1, -0.05) is 38.7 Å². The van der Waals surface area contributed by atoms with E-state index in [9.17, 15) is 4.79 Å². The van der Waals surface area contributed by atoms with Crippen LogP contribution in [-0.2, 0) is 4.79 Å². The molecule has 0 aliphatic heterocycles. The molecule has 1 fully saturated rings. The average molecular weight is 208 g/mol. The van der Waals surface area contributed by atoms with Crippen LogP contribution in [0.5, 0.6) is 0 Å². The van der Waals surface area contributed by atoms with Crippen LogP contribution in [0.4, 0.5) is 0 Å². The van der Waals surface area contributed by atoms with Gasteiger partial charge < -0.3 is 0 Å². The maximum atomic E-state index is 11.7. The lowest BCUT2D eigenvalue weighted by Gasteiger charge is -2.13. The van der Waals surface area contributed by atoms with Gasteiger partial charge in [0.15, 0.2) is 5.78 Å². The van der Waals surface area contributed by atoms with Crippen LogP contribution in [0.1, 0.15) is 65.2 Å². The average Bonchev–Trinajstić information content (AvgIpc) is 2.19. The van der Waals surface area contributed by atoms with Crippen molar-refractivity contribution in [1.82, 2.24) is 0 Å². The molecule has 0 N–H and O–H groups in total. The number of carbonyl (C=O) groups excluding carboxylic acids is 1. The van der Waals surface area contributed by atoms with Crippen LogP contribution in [-0.4, -0.2) is 5.78 Å². The summed E-state index contributed by atoms with van der Waals surface area (Å²) >= 11 is 0. The smallest absolute Gasteiger partial charge is 0.155 e. The fraction of sp³-hybridized carbons (Fsp3) is 0.786. The minimum Gasteiger partial charge on any atom is -0.295 e. The zero-order valence-corrected chi connectivity index (χ0v) is 10.2. The standard InChI is InChI=1S/C14H24O/c1-3-7-12(2)10-14(15)11-13-8-5-4-6-9-13/h11-12H,3-10H2,1-2H3. The second-order valence-electron chi connectivity index (χ2n) is 4.93. The molecular formula is C14H24O. The van der Waals surface area contributed by atoms with Crippen molar-refractivity contribution in [3.63, 3.8) is 0 Å². The van der Waals surface area contributed by atoms with Crippen LogP contribution in [0, 0.1) is 5.92 Å². The van der Waals surface area contributed by atoms with Gasteiger partial charge in [-0.25, -0.2) is 0 Å². The minimum atomic E-state index is 0.354. The third-order valence-electron chi connectivity index (χ3n) is 3.19. The van der Waals surface area contributed by atoms with E-state index in [4.69, 9.17) is 0 Å². The lowest BCUT2D eigenvalue weighted by atomic mass is 9.92. The molecule has 1 saturated carbocycles. The molecule has 1 atom stereocenters. The first-order valence-corrected chi connectivity index (χ1v) is 6.44. The molecule has 15 heavy (non-hydrogen) atoms. The van der Waals surface area contributed by atoms with Gasteiger partial charge in [0.2, 0.25) is 0 Å². The number of carbonyl (C=O) groups is 1. The number of hydrogen-bond acceptors (Lipinski definition) is 1. The molecule has 0 spiro atoms. The first kappa shape index (κ1) is 12.5. The highest BCUT2D eigenvalue weighted by Gasteiger charge is 2.10. The zero-order valence-electron chi connectivity index (χ0n) is 10.2. The molecule has 1 rings (SSSR count). The van der Waals surface area contributed by atoms with Crippen molar-refractivity contribution in [3.05, 3.63) is 11.6 Å². The van der Waals surface area contributed by atoms with Crippen molar-refractivity contribution < 1.29 is 4.79 Å². The molecule has 86 valence electrons. The molecule has 1 heteroatoms. The Bertz CT molecular complexity index is 219. The van der Waals surface area contributed by atoms with E-state index < -0.39 is 0 Å². The van der Waals surface area contributed by atoms with Crippen LogP contribution in [0.3, 0.4) is 0 Å². The van der Waals surface area contributed by atoms with Crippen LogP contribution >= 0.6 is 0 Å².